The number of ether oxygens (including phenoxy) is 2. The molecule has 11 nitrogen and oxygen atoms in total. The van der Waals surface area contributed by atoms with Gasteiger partial charge in [0, 0.05) is 30.9 Å². The zero-order valence-corrected chi connectivity index (χ0v) is 22.5. The van der Waals surface area contributed by atoms with Crippen molar-refractivity contribution in [1.82, 2.24) is 34.4 Å². The van der Waals surface area contributed by atoms with Crippen LogP contribution in [0.25, 0.3) is 27.9 Å². The Labute approximate surface area is 231 Å². The molecule has 0 saturated carbocycles. The summed E-state index contributed by atoms with van der Waals surface area (Å²) < 4.78 is 67.6. The third-order valence-corrected chi connectivity index (χ3v) is 6.29. The third-order valence-electron chi connectivity index (χ3n) is 6.29. The number of aliphatic hydroxyl groups is 1. The highest BCUT2D eigenvalue weighted by Crippen LogP contribution is 2.31. The van der Waals surface area contributed by atoms with Crippen LogP contribution in [0.15, 0.2) is 36.8 Å². The summed E-state index contributed by atoms with van der Waals surface area (Å²) in [6.45, 7) is 4.66. The van der Waals surface area contributed by atoms with E-state index in [0.717, 1.165) is 10.9 Å². The molecule has 2 unspecified atom stereocenters. The van der Waals surface area contributed by atoms with Crippen LogP contribution < -0.4 is 5.32 Å². The number of halogens is 4. The van der Waals surface area contributed by atoms with Gasteiger partial charge in [-0.25, -0.2) is 9.37 Å². The second-order valence-electron chi connectivity index (χ2n) is 10.7. The lowest BCUT2D eigenvalue weighted by atomic mass is 10.2. The number of alkyl halides is 3. The lowest BCUT2D eigenvalue weighted by Gasteiger charge is -2.29. The average Bonchev–Trinajstić information content (AvgIpc) is 3.34. The van der Waals surface area contributed by atoms with Gasteiger partial charge in [-0.15, -0.1) is 0 Å². The summed E-state index contributed by atoms with van der Waals surface area (Å²) in [4.78, 5) is 23.4. The van der Waals surface area contributed by atoms with Gasteiger partial charge < -0.3 is 19.5 Å². The number of fused-ring (bicyclic) bond motifs is 2. The normalized spacial score (nSPS) is 17.8. The molecule has 41 heavy (non-hydrogen) atoms. The molecule has 0 radical (unpaired) electrons. The minimum Gasteiger partial charge on any atom is -0.378 e. The summed E-state index contributed by atoms with van der Waals surface area (Å²) in [5.41, 5.74) is 0.0578. The number of carbonyl (C=O) groups excluding carboxylic acids is 1. The second kappa shape index (κ2) is 11.0. The van der Waals surface area contributed by atoms with E-state index in [1.54, 1.807) is 20.8 Å². The molecule has 2 N–H and O–H groups in total. The molecular weight excluding hydrogens is 550 g/mol. The van der Waals surface area contributed by atoms with Gasteiger partial charge in [-0.2, -0.15) is 18.3 Å². The highest BCUT2D eigenvalue weighted by Gasteiger charge is 2.32. The van der Waals surface area contributed by atoms with Gasteiger partial charge in [0.05, 0.1) is 42.3 Å². The van der Waals surface area contributed by atoms with Crippen molar-refractivity contribution in [2.45, 2.75) is 51.5 Å². The van der Waals surface area contributed by atoms with Crippen LogP contribution in [0.4, 0.5) is 17.6 Å². The van der Waals surface area contributed by atoms with Gasteiger partial charge in [-0.1, -0.05) is 0 Å². The van der Waals surface area contributed by atoms with Gasteiger partial charge in [-0.05, 0) is 39.0 Å². The first-order valence-corrected chi connectivity index (χ1v) is 12.8. The molecule has 1 amide bonds. The number of hydrogen-bond donors (Lipinski definition) is 2. The minimum absolute atomic E-state index is 0.0248. The van der Waals surface area contributed by atoms with Crippen molar-refractivity contribution in [2.75, 3.05) is 26.3 Å². The fraction of sp³-hybridized carbons (Fsp3) is 0.462. The van der Waals surface area contributed by atoms with Crippen molar-refractivity contribution in [3.8, 4) is 11.4 Å². The van der Waals surface area contributed by atoms with Gasteiger partial charge in [0.1, 0.15) is 29.4 Å². The number of hydrogen-bond acceptors (Lipinski definition) is 8. The van der Waals surface area contributed by atoms with Crippen LogP contribution in [0.5, 0.6) is 0 Å². The van der Waals surface area contributed by atoms with E-state index < -0.39 is 42.5 Å². The number of rotatable bonds is 6. The Hall–Kier alpha value is -3.66. The molecular formula is C26H29F4N7O4. The van der Waals surface area contributed by atoms with Gasteiger partial charge in [0.2, 0.25) is 6.41 Å². The van der Waals surface area contributed by atoms with E-state index in [1.807, 2.05) is 0 Å². The van der Waals surface area contributed by atoms with Crippen LogP contribution in [0.3, 0.4) is 0 Å². The summed E-state index contributed by atoms with van der Waals surface area (Å²) in [6.07, 6.45) is -2.09. The highest BCUT2D eigenvalue weighted by molar-refractivity contribution is 5.99. The minimum atomic E-state index is -4.60. The first kappa shape index (κ1) is 28.9. The Balaban J connectivity index is 1.47. The molecule has 0 aromatic carbocycles. The maximum absolute atomic E-state index is 14.0. The van der Waals surface area contributed by atoms with Crippen molar-refractivity contribution < 1.29 is 36.9 Å². The largest absolute Gasteiger partial charge is 0.408 e. The SMILES string of the molecule is CC(C)(C)OC(O)NC1COCCN(C(=O)c2cc3c(cn2)c(-c2cnc4ccc(F)cn24)nn3CC(F)(F)F)C1. The third kappa shape index (κ3) is 6.64. The number of pyridine rings is 2. The average molecular weight is 580 g/mol. The van der Waals surface area contributed by atoms with Crippen molar-refractivity contribution in [2.24, 2.45) is 0 Å². The summed E-state index contributed by atoms with van der Waals surface area (Å²) in [5, 5.41) is 17.5. The molecule has 2 atom stereocenters. The van der Waals surface area contributed by atoms with Crippen LogP contribution in [0.1, 0.15) is 31.3 Å². The van der Waals surface area contributed by atoms with Gasteiger partial charge in [0.25, 0.3) is 5.91 Å². The van der Waals surface area contributed by atoms with E-state index in [4.69, 9.17) is 9.47 Å². The smallest absolute Gasteiger partial charge is 0.378 e. The molecule has 1 saturated heterocycles. The number of carbonyl (C=O) groups is 1. The second-order valence-corrected chi connectivity index (χ2v) is 10.7. The summed E-state index contributed by atoms with van der Waals surface area (Å²) >= 11 is 0. The van der Waals surface area contributed by atoms with E-state index in [1.165, 1.54) is 39.9 Å². The predicted molar refractivity (Wildman–Crippen MR) is 138 cm³/mol. The van der Waals surface area contributed by atoms with Crippen molar-refractivity contribution >= 4 is 22.5 Å². The Bertz CT molecular complexity index is 1560. The first-order valence-electron chi connectivity index (χ1n) is 12.8. The maximum atomic E-state index is 14.0. The van der Waals surface area contributed by atoms with Crippen LogP contribution in [-0.4, -0.2) is 90.6 Å². The number of nitrogens with one attached hydrogen (secondary N) is 1. The zero-order valence-electron chi connectivity index (χ0n) is 22.5. The highest BCUT2D eigenvalue weighted by atomic mass is 19.4. The Kier molecular flexibility index (Phi) is 7.72. The zero-order chi connectivity index (χ0) is 29.5. The molecule has 15 heteroatoms. The summed E-state index contributed by atoms with van der Waals surface area (Å²) in [7, 11) is 0. The Morgan fingerprint density at radius 2 is 2.02 bits per heavy atom. The molecule has 1 aliphatic rings. The lowest BCUT2D eigenvalue weighted by Crippen LogP contribution is -2.50. The van der Waals surface area contributed by atoms with E-state index in [9.17, 15) is 27.5 Å². The number of nitrogens with zero attached hydrogens (tertiary/aromatic N) is 6. The fourth-order valence-electron chi connectivity index (χ4n) is 4.62. The fourth-order valence-corrected chi connectivity index (χ4v) is 4.62. The molecule has 1 aliphatic heterocycles. The van der Waals surface area contributed by atoms with Gasteiger partial charge >= 0.3 is 6.18 Å². The molecule has 5 rings (SSSR count). The predicted octanol–water partition coefficient (Wildman–Crippen LogP) is 2.97. The monoisotopic (exact) mass is 579 g/mol. The van der Waals surface area contributed by atoms with Crippen molar-refractivity contribution in [1.29, 1.82) is 0 Å². The number of aromatic nitrogens is 5. The van der Waals surface area contributed by atoms with Gasteiger partial charge in [-0.3, -0.25) is 24.2 Å². The van der Waals surface area contributed by atoms with E-state index in [2.05, 4.69) is 20.4 Å². The quantitative estimate of drug-likeness (QED) is 0.265. The first-order chi connectivity index (χ1) is 19.3. The van der Waals surface area contributed by atoms with Crippen LogP contribution >= 0.6 is 0 Å². The number of amides is 1. The molecule has 4 aromatic rings. The van der Waals surface area contributed by atoms with Crippen molar-refractivity contribution in [3.05, 3.63) is 48.3 Å². The standard InChI is InChI=1S/C26H29F4N7O4/c1-25(2,3)41-24(39)33-16-12-35(6-7-40-13-16)23(38)18-8-19-17(9-31-18)22(34-37(19)14-26(28,29)30)20-10-32-21-5-4-15(27)11-36(20)21/h4-5,8-11,16,24,33,39H,6-7,12-14H2,1-3H3. The molecule has 4 aromatic heterocycles. The van der Waals surface area contributed by atoms with Crippen molar-refractivity contribution in [3.63, 3.8) is 0 Å². The number of aliphatic hydroxyl groups excluding tert-OH is 1. The van der Waals surface area contributed by atoms with Crippen LogP contribution in [0.2, 0.25) is 0 Å². The van der Waals surface area contributed by atoms with E-state index in [-0.39, 0.29) is 54.3 Å². The Morgan fingerprint density at radius 3 is 2.76 bits per heavy atom. The summed E-state index contributed by atoms with van der Waals surface area (Å²) in [5.74, 6) is -1.10. The topological polar surface area (TPSA) is 119 Å². The molecule has 1 fully saturated rings. The van der Waals surface area contributed by atoms with Gasteiger partial charge in [0.15, 0.2) is 0 Å². The van der Waals surface area contributed by atoms with Crippen LogP contribution in [0, 0.1) is 5.82 Å². The molecule has 5 heterocycles. The van der Waals surface area contributed by atoms with E-state index >= 15 is 0 Å². The van der Waals surface area contributed by atoms with Crippen LogP contribution in [-0.2, 0) is 16.0 Å². The summed E-state index contributed by atoms with van der Waals surface area (Å²) in [6, 6.07) is 3.43. The maximum Gasteiger partial charge on any atom is 0.408 e. The molecule has 220 valence electrons. The lowest BCUT2D eigenvalue weighted by molar-refractivity contribution is -0.187. The molecule has 0 bridgehead atoms. The Morgan fingerprint density at radius 1 is 1.24 bits per heavy atom. The molecule has 0 spiro atoms. The molecule has 0 aliphatic carbocycles. The number of imidazole rings is 1. The van der Waals surface area contributed by atoms with E-state index in [0.29, 0.717) is 5.65 Å².